The molecule has 32 heavy (non-hydrogen) atoms. The maximum absolute atomic E-state index is 12.0. The van der Waals surface area contributed by atoms with E-state index in [1.54, 1.807) is 31.2 Å². The number of unbranched alkanes of at least 4 members (excludes halogenated alkanes) is 11. The highest BCUT2D eigenvalue weighted by molar-refractivity contribution is 5.93. The number of benzene rings is 1. The number of nitrogens with one attached hydrogen (secondary N) is 1. The van der Waals surface area contributed by atoms with Gasteiger partial charge in [0.1, 0.15) is 0 Å². The molecule has 182 valence electrons. The molecule has 0 fully saturated rings. The van der Waals surface area contributed by atoms with Gasteiger partial charge in [0.05, 0.1) is 12.2 Å². The van der Waals surface area contributed by atoms with Gasteiger partial charge in [-0.05, 0) is 44.0 Å². The van der Waals surface area contributed by atoms with Crippen LogP contribution in [0.25, 0.3) is 0 Å². The van der Waals surface area contributed by atoms with Crippen molar-refractivity contribution in [2.45, 2.75) is 103 Å². The monoisotopic (exact) mass is 457 g/mol. The molecule has 0 saturated heterocycles. The third kappa shape index (κ3) is 14.9. The van der Waals surface area contributed by atoms with Crippen LogP contribution in [0.3, 0.4) is 0 Å². The third-order valence-electron chi connectivity index (χ3n) is 5.29. The van der Waals surface area contributed by atoms with Crippen molar-refractivity contribution in [2.75, 3.05) is 11.9 Å². The lowest BCUT2D eigenvalue weighted by molar-refractivity contribution is -0.135. The fourth-order valence-corrected chi connectivity index (χ4v) is 3.51. The van der Waals surface area contributed by atoms with Gasteiger partial charge < -0.3 is 10.1 Å². The summed E-state index contributed by atoms with van der Waals surface area (Å²) >= 11 is 0. The van der Waals surface area contributed by atoms with E-state index in [1.165, 1.54) is 12.8 Å². The van der Waals surface area contributed by atoms with Gasteiger partial charge in [-0.1, -0.05) is 64.2 Å². The normalized spacial score (nSPS) is 11.4. The van der Waals surface area contributed by atoms with Gasteiger partial charge in [-0.15, -0.1) is 0 Å². The zero-order valence-corrected chi connectivity index (χ0v) is 19.3. The SMILES string of the molecule is CCOC(=O)c1ccc(NC(=O)CCCCCCCCCCCCCCC(F)(F)F)cc1. The van der Waals surface area contributed by atoms with Crippen LogP contribution in [0.1, 0.15) is 107 Å². The number of carbonyl (C=O) groups is 2. The highest BCUT2D eigenvalue weighted by Crippen LogP contribution is 2.23. The van der Waals surface area contributed by atoms with E-state index >= 15 is 0 Å². The summed E-state index contributed by atoms with van der Waals surface area (Å²) < 4.78 is 41.0. The van der Waals surface area contributed by atoms with Crippen molar-refractivity contribution in [2.24, 2.45) is 0 Å². The highest BCUT2D eigenvalue weighted by Gasteiger charge is 2.25. The maximum Gasteiger partial charge on any atom is 0.389 e. The minimum atomic E-state index is -4.01. The number of hydrogen-bond acceptors (Lipinski definition) is 3. The second-order valence-electron chi connectivity index (χ2n) is 8.20. The summed E-state index contributed by atoms with van der Waals surface area (Å²) in [6.45, 7) is 2.08. The Hall–Kier alpha value is -2.05. The van der Waals surface area contributed by atoms with Crippen LogP contribution in [0.5, 0.6) is 0 Å². The topological polar surface area (TPSA) is 55.4 Å². The predicted molar refractivity (Wildman–Crippen MR) is 122 cm³/mol. The van der Waals surface area contributed by atoms with Crippen molar-refractivity contribution in [3.05, 3.63) is 29.8 Å². The summed E-state index contributed by atoms with van der Waals surface area (Å²) in [4.78, 5) is 23.6. The van der Waals surface area contributed by atoms with Gasteiger partial charge in [-0.25, -0.2) is 4.79 Å². The minimum absolute atomic E-state index is 0.0240. The van der Waals surface area contributed by atoms with Gasteiger partial charge in [0.2, 0.25) is 5.91 Å². The number of rotatable bonds is 17. The van der Waals surface area contributed by atoms with E-state index in [0.717, 1.165) is 51.4 Å². The van der Waals surface area contributed by atoms with Crippen LogP contribution in [0.4, 0.5) is 18.9 Å². The summed E-state index contributed by atoms with van der Waals surface area (Å²) in [6.07, 6.45) is 7.40. The lowest BCUT2D eigenvalue weighted by atomic mass is 10.0. The van der Waals surface area contributed by atoms with Crippen molar-refractivity contribution in [3.8, 4) is 0 Å². The first-order valence-corrected chi connectivity index (χ1v) is 12.0. The van der Waals surface area contributed by atoms with Gasteiger partial charge >= 0.3 is 12.1 Å². The fourth-order valence-electron chi connectivity index (χ4n) is 3.51. The summed E-state index contributed by atoms with van der Waals surface area (Å²) in [6, 6.07) is 6.68. The van der Waals surface area contributed by atoms with Crippen LogP contribution in [-0.2, 0) is 9.53 Å². The molecule has 0 aliphatic carbocycles. The molecule has 0 atom stereocenters. The first-order chi connectivity index (χ1) is 15.3. The largest absolute Gasteiger partial charge is 0.462 e. The van der Waals surface area contributed by atoms with E-state index in [4.69, 9.17) is 4.74 Å². The summed E-state index contributed by atoms with van der Waals surface area (Å²) in [7, 11) is 0. The van der Waals surface area contributed by atoms with Crippen molar-refractivity contribution >= 4 is 17.6 Å². The Morgan fingerprint density at radius 2 is 1.25 bits per heavy atom. The first-order valence-electron chi connectivity index (χ1n) is 12.0. The maximum atomic E-state index is 12.0. The second kappa shape index (κ2) is 16.6. The lowest BCUT2D eigenvalue weighted by Gasteiger charge is -2.07. The molecule has 0 saturated carbocycles. The smallest absolute Gasteiger partial charge is 0.389 e. The van der Waals surface area contributed by atoms with Gasteiger partial charge in [-0.3, -0.25) is 4.79 Å². The van der Waals surface area contributed by atoms with Crippen molar-refractivity contribution in [1.82, 2.24) is 0 Å². The molecule has 1 aromatic carbocycles. The Morgan fingerprint density at radius 1 is 0.781 bits per heavy atom. The van der Waals surface area contributed by atoms with Crippen LogP contribution >= 0.6 is 0 Å². The average Bonchev–Trinajstić information content (AvgIpc) is 2.74. The van der Waals surface area contributed by atoms with E-state index in [0.29, 0.717) is 30.7 Å². The molecule has 1 N–H and O–H groups in total. The van der Waals surface area contributed by atoms with Crippen LogP contribution in [-0.4, -0.2) is 24.7 Å². The van der Waals surface area contributed by atoms with E-state index in [9.17, 15) is 22.8 Å². The zero-order valence-electron chi connectivity index (χ0n) is 19.3. The Bertz CT molecular complexity index is 645. The van der Waals surface area contributed by atoms with Crippen LogP contribution in [0, 0.1) is 0 Å². The number of esters is 1. The number of carbonyl (C=O) groups excluding carboxylic acids is 2. The Labute approximate surface area is 190 Å². The molecule has 0 bridgehead atoms. The number of halogens is 3. The third-order valence-corrected chi connectivity index (χ3v) is 5.29. The molecule has 0 radical (unpaired) electrons. The number of alkyl halides is 3. The van der Waals surface area contributed by atoms with Gasteiger partial charge in [0.15, 0.2) is 0 Å². The number of amides is 1. The average molecular weight is 458 g/mol. The molecule has 0 unspecified atom stereocenters. The summed E-state index contributed by atoms with van der Waals surface area (Å²) in [5.41, 5.74) is 1.13. The standard InChI is InChI=1S/C25H38F3NO3/c1-2-32-24(31)21-16-18-22(19-17-21)29-23(30)15-13-11-9-7-5-3-4-6-8-10-12-14-20-25(26,27)28/h16-19H,2-15,20H2,1H3,(H,29,30). The molecule has 0 aromatic heterocycles. The molecule has 0 heterocycles. The Balaban J connectivity index is 1.94. The number of anilines is 1. The van der Waals surface area contributed by atoms with E-state index in [-0.39, 0.29) is 18.3 Å². The molecular weight excluding hydrogens is 419 g/mol. The molecule has 0 aliphatic heterocycles. The minimum Gasteiger partial charge on any atom is -0.462 e. The molecular formula is C25H38F3NO3. The molecule has 0 aliphatic rings. The predicted octanol–water partition coefficient (Wildman–Crippen LogP) is 7.83. The summed E-state index contributed by atoms with van der Waals surface area (Å²) in [5, 5.41) is 2.84. The fraction of sp³-hybridized carbons (Fsp3) is 0.680. The van der Waals surface area contributed by atoms with Crippen LogP contribution in [0.15, 0.2) is 24.3 Å². The molecule has 4 nitrogen and oxygen atoms in total. The molecule has 7 heteroatoms. The zero-order chi connectivity index (χ0) is 23.7. The summed E-state index contributed by atoms with van der Waals surface area (Å²) in [5.74, 6) is -0.394. The van der Waals surface area contributed by atoms with Gasteiger partial charge in [-0.2, -0.15) is 13.2 Å². The van der Waals surface area contributed by atoms with Crippen molar-refractivity contribution in [1.29, 1.82) is 0 Å². The quantitative estimate of drug-likeness (QED) is 0.192. The van der Waals surface area contributed by atoms with Gasteiger partial charge in [0.25, 0.3) is 0 Å². The first kappa shape index (κ1) is 28.0. The number of ether oxygens (including phenoxy) is 1. The molecule has 1 amide bonds. The van der Waals surface area contributed by atoms with Gasteiger partial charge in [0, 0.05) is 18.5 Å². The molecule has 1 aromatic rings. The highest BCUT2D eigenvalue weighted by atomic mass is 19.4. The van der Waals surface area contributed by atoms with Crippen LogP contribution in [0.2, 0.25) is 0 Å². The Kier molecular flexibility index (Phi) is 14.5. The number of hydrogen-bond donors (Lipinski definition) is 1. The van der Waals surface area contributed by atoms with Crippen molar-refractivity contribution in [3.63, 3.8) is 0 Å². The second-order valence-corrected chi connectivity index (χ2v) is 8.20. The van der Waals surface area contributed by atoms with E-state index in [1.807, 2.05) is 0 Å². The molecule has 0 spiro atoms. The van der Waals surface area contributed by atoms with Crippen LogP contribution < -0.4 is 5.32 Å². The lowest BCUT2D eigenvalue weighted by Crippen LogP contribution is -2.11. The van der Waals surface area contributed by atoms with E-state index in [2.05, 4.69) is 5.32 Å². The van der Waals surface area contributed by atoms with Crippen molar-refractivity contribution < 1.29 is 27.5 Å². The molecule has 1 rings (SSSR count). The van der Waals surface area contributed by atoms with E-state index < -0.39 is 12.6 Å². The Morgan fingerprint density at radius 3 is 1.72 bits per heavy atom.